The lowest BCUT2D eigenvalue weighted by molar-refractivity contribution is -0.122. The zero-order valence-electron chi connectivity index (χ0n) is 19.9. The highest BCUT2D eigenvalue weighted by atomic mass is 32.2. The molecule has 0 atom stereocenters. The molecule has 3 aromatic carbocycles. The van der Waals surface area contributed by atoms with Gasteiger partial charge in [-0.2, -0.15) is 0 Å². The average Bonchev–Trinajstić information content (AvgIpc) is 3.19. The fourth-order valence-corrected chi connectivity index (χ4v) is 5.38. The molecule has 2 aliphatic heterocycles. The summed E-state index contributed by atoms with van der Waals surface area (Å²) in [5, 5.41) is 0.714. The van der Waals surface area contributed by atoms with Crippen LogP contribution in [-0.2, 0) is 4.79 Å². The Morgan fingerprint density at radius 2 is 1.66 bits per heavy atom. The van der Waals surface area contributed by atoms with Gasteiger partial charge in [0.1, 0.15) is 11.5 Å². The number of carbonyl (C=O) groups is 1. The van der Waals surface area contributed by atoms with E-state index in [1.54, 1.807) is 4.90 Å². The molecular weight excluding hydrogens is 454 g/mol. The van der Waals surface area contributed by atoms with Gasteiger partial charge in [-0.15, -0.1) is 0 Å². The maximum Gasteiger partial charge on any atom is 0.266 e. The number of amides is 1. The van der Waals surface area contributed by atoms with E-state index < -0.39 is 0 Å². The SMILES string of the molecule is CCN1C(=O)/C(=C/c2cccc(Oc3ccccc3)c2)SC1=Nc1ccc(N2CCCCC2)cc1. The van der Waals surface area contributed by atoms with Gasteiger partial charge in [0, 0.05) is 25.3 Å². The number of rotatable bonds is 6. The Hall–Kier alpha value is -3.51. The second-order valence-electron chi connectivity index (χ2n) is 8.61. The van der Waals surface area contributed by atoms with Crippen LogP contribution < -0.4 is 9.64 Å². The molecule has 0 aliphatic carbocycles. The number of carbonyl (C=O) groups excluding carboxylic acids is 1. The number of likely N-dealkylation sites (N-methyl/N-ethyl adjacent to an activating group) is 1. The van der Waals surface area contributed by atoms with E-state index >= 15 is 0 Å². The smallest absolute Gasteiger partial charge is 0.266 e. The zero-order valence-corrected chi connectivity index (χ0v) is 20.7. The van der Waals surface area contributed by atoms with Gasteiger partial charge in [-0.05, 0) is 98.1 Å². The van der Waals surface area contributed by atoms with Gasteiger partial charge in [0.05, 0.1) is 10.6 Å². The van der Waals surface area contributed by atoms with Crippen molar-refractivity contribution in [1.82, 2.24) is 4.90 Å². The molecular formula is C29H29N3O2S. The topological polar surface area (TPSA) is 45.1 Å². The van der Waals surface area contributed by atoms with Gasteiger partial charge in [0.15, 0.2) is 5.17 Å². The molecule has 0 radical (unpaired) electrons. The molecule has 6 heteroatoms. The Balaban J connectivity index is 1.33. The number of ether oxygens (including phenoxy) is 1. The Labute approximate surface area is 211 Å². The maximum absolute atomic E-state index is 13.1. The van der Waals surface area contributed by atoms with Gasteiger partial charge in [-0.3, -0.25) is 9.69 Å². The lowest BCUT2D eigenvalue weighted by atomic mass is 10.1. The molecule has 3 aromatic rings. The molecule has 2 fully saturated rings. The molecule has 0 unspecified atom stereocenters. The van der Waals surface area contributed by atoms with E-state index in [1.165, 1.54) is 36.7 Å². The van der Waals surface area contributed by atoms with Crippen LogP contribution in [0.25, 0.3) is 6.08 Å². The number of para-hydroxylation sites is 1. The molecule has 2 aliphatic rings. The van der Waals surface area contributed by atoms with Crippen LogP contribution in [0.3, 0.4) is 0 Å². The van der Waals surface area contributed by atoms with Crippen LogP contribution in [0.4, 0.5) is 11.4 Å². The van der Waals surface area contributed by atoms with E-state index in [4.69, 9.17) is 9.73 Å². The summed E-state index contributed by atoms with van der Waals surface area (Å²) in [5.41, 5.74) is 3.02. The maximum atomic E-state index is 13.1. The van der Waals surface area contributed by atoms with Crippen LogP contribution in [-0.4, -0.2) is 35.6 Å². The molecule has 5 rings (SSSR count). The summed E-state index contributed by atoms with van der Waals surface area (Å²) in [6.07, 6.45) is 5.74. The Bertz CT molecular complexity index is 1230. The van der Waals surface area contributed by atoms with Crippen molar-refractivity contribution in [2.24, 2.45) is 4.99 Å². The number of thioether (sulfide) groups is 1. The normalized spacial score (nSPS) is 18.5. The van der Waals surface area contributed by atoms with Crippen LogP contribution in [0.5, 0.6) is 11.5 Å². The molecule has 2 saturated heterocycles. The van der Waals surface area contributed by atoms with Crippen LogP contribution >= 0.6 is 11.8 Å². The number of nitrogens with zero attached hydrogens (tertiary/aromatic N) is 3. The van der Waals surface area contributed by atoms with E-state index in [0.29, 0.717) is 16.6 Å². The third kappa shape index (κ3) is 5.60. The summed E-state index contributed by atoms with van der Waals surface area (Å²) in [5.74, 6) is 1.49. The first-order valence-electron chi connectivity index (χ1n) is 12.2. The minimum Gasteiger partial charge on any atom is -0.457 e. The van der Waals surface area contributed by atoms with Gasteiger partial charge in [-0.25, -0.2) is 4.99 Å². The number of amidine groups is 1. The highest BCUT2D eigenvalue weighted by Crippen LogP contribution is 2.35. The molecule has 35 heavy (non-hydrogen) atoms. The molecule has 0 N–H and O–H groups in total. The van der Waals surface area contributed by atoms with Gasteiger partial charge in [0.25, 0.3) is 5.91 Å². The predicted octanol–water partition coefficient (Wildman–Crippen LogP) is 7.09. The number of benzene rings is 3. The van der Waals surface area contributed by atoms with E-state index in [9.17, 15) is 4.79 Å². The minimum atomic E-state index is -0.0180. The number of anilines is 1. The number of hydrogen-bond donors (Lipinski definition) is 0. The summed E-state index contributed by atoms with van der Waals surface area (Å²) in [6, 6.07) is 25.8. The highest BCUT2D eigenvalue weighted by molar-refractivity contribution is 8.18. The summed E-state index contributed by atoms with van der Waals surface area (Å²) in [7, 11) is 0. The van der Waals surface area contributed by atoms with Gasteiger partial charge in [-0.1, -0.05) is 30.3 Å². The number of hydrogen-bond acceptors (Lipinski definition) is 5. The van der Waals surface area contributed by atoms with Crippen molar-refractivity contribution in [2.45, 2.75) is 26.2 Å². The van der Waals surface area contributed by atoms with E-state index in [2.05, 4.69) is 17.0 Å². The second kappa shape index (κ2) is 10.8. The fourth-order valence-electron chi connectivity index (χ4n) is 4.31. The van der Waals surface area contributed by atoms with Crippen LogP contribution in [0.1, 0.15) is 31.7 Å². The fraction of sp³-hybridized carbons (Fsp3) is 0.241. The number of aliphatic imine (C=N–C) groups is 1. The Morgan fingerprint density at radius 1 is 0.914 bits per heavy atom. The number of piperidine rings is 1. The molecule has 0 spiro atoms. The highest BCUT2D eigenvalue weighted by Gasteiger charge is 2.32. The lowest BCUT2D eigenvalue weighted by Gasteiger charge is -2.28. The monoisotopic (exact) mass is 483 g/mol. The van der Waals surface area contributed by atoms with Gasteiger partial charge in [0.2, 0.25) is 0 Å². The summed E-state index contributed by atoms with van der Waals surface area (Å²) in [6.45, 7) is 4.79. The van der Waals surface area contributed by atoms with E-state index in [-0.39, 0.29) is 5.91 Å². The van der Waals surface area contributed by atoms with Crippen molar-refractivity contribution in [3.8, 4) is 11.5 Å². The molecule has 0 saturated carbocycles. The standard InChI is InChI=1S/C29H29N3O2S/c1-2-32-28(33)27(21-22-10-9-13-26(20-22)34-25-11-5-3-6-12-25)35-29(32)30-23-14-16-24(17-15-23)31-18-7-4-8-19-31/h3,5-6,9-17,20-21H,2,4,7-8,18-19H2,1H3/b27-21-,30-29?. The quantitative estimate of drug-likeness (QED) is 0.351. The molecule has 2 heterocycles. The molecule has 5 nitrogen and oxygen atoms in total. The van der Waals surface area contributed by atoms with Crippen LogP contribution in [0.15, 0.2) is 88.8 Å². The van der Waals surface area contributed by atoms with Crippen molar-refractivity contribution in [3.05, 3.63) is 89.3 Å². The molecule has 0 bridgehead atoms. The first-order valence-corrected chi connectivity index (χ1v) is 13.0. The van der Waals surface area contributed by atoms with Gasteiger partial charge < -0.3 is 9.64 Å². The molecule has 178 valence electrons. The van der Waals surface area contributed by atoms with Crippen molar-refractivity contribution in [3.63, 3.8) is 0 Å². The van der Waals surface area contributed by atoms with E-state index in [0.717, 1.165) is 35.8 Å². The van der Waals surface area contributed by atoms with Crippen LogP contribution in [0, 0.1) is 0 Å². The molecule has 0 aromatic heterocycles. The Morgan fingerprint density at radius 3 is 2.40 bits per heavy atom. The average molecular weight is 484 g/mol. The van der Waals surface area contributed by atoms with Crippen molar-refractivity contribution in [1.29, 1.82) is 0 Å². The van der Waals surface area contributed by atoms with Gasteiger partial charge >= 0.3 is 0 Å². The largest absolute Gasteiger partial charge is 0.457 e. The first kappa shape index (κ1) is 23.2. The summed E-state index contributed by atoms with van der Waals surface area (Å²) >= 11 is 1.42. The summed E-state index contributed by atoms with van der Waals surface area (Å²) < 4.78 is 5.95. The minimum absolute atomic E-state index is 0.0180. The van der Waals surface area contributed by atoms with E-state index in [1.807, 2.05) is 79.7 Å². The second-order valence-corrected chi connectivity index (χ2v) is 9.62. The zero-order chi connectivity index (χ0) is 24.0. The first-order chi connectivity index (χ1) is 17.2. The van der Waals surface area contributed by atoms with Crippen molar-refractivity contribution < 1.29 is 9.53 Å². The summed E-state index contributed by atoms with van der Waals surface area (Å²) in [4.78, 5) is 22.7. The van der Waals surface area contributed by atoms with Crippen molar-refractivity contribution >= 4 is 40.3 Å². The van der Waals surface area contributed by atoms with Crippen molar-refractivity contribution in [2.75, 3.05) is 24.5 Å². The predicted molar refractivity (Wildman–Crippen MR) is 146 cm³/mol. The third-order valence-corrected chi connectivity index (χ3v) is 7.14. The third-order valence-electron chi connectivity index (χ3n) is 6.13. The Kier molecular flexibility index (Phi) is 7.19. The molecule has 1 amide bonds. The van der Waals surface area contributed by atoms with Crippen LogP contribution in [0.2, 0.25) is 0 Å². The lowest BCUT2D eigenvalue weighted by Crippen LogP contribution is -2.29.